The van der Waals surface area contributed by atoms with Crippen molar-refractivity contribution in [3.05, 3.63) is 65.9 Å². The van der Waals surface area contributed by atoms with E-state index >= 15 is 0 Å². The molecule has 4 heteroatoms. The van der Waals surface area contributed by atoms with Crippen LogP contribution < -0.4 is 0 Å². The van der Waals surface area contributed by atoms with Crippen LogP contribution in [-0.4, -0.2) is 35.6 Å². The number of fused-ring (bicyclic) bond motifs is 1. The third kappa shape index (κ3) is 2.58. The van der Waals surface area contributed by atoms with Crippen molar-refractivity contribution in [2.24, 2.45) is 7.05 Å². The molecule has 0 unspecified atom stereocenters. The molecule has 4 rings (SSSR count). The summed E-state index contributed by atoms with van der Waals surface area (Å²) in [6.07, 6.45) is 2.03. The number of hydrogen-bond acceptors (Lipinski definition) is 3. The minimum atomic E-state index is -0.113. The highest BCUT2D eigenvalue weighted by atomic mass is 16.6. The smallest absolute Gasteiger partial charge is 0.119 e. The third-order valence-corrected chi connectivity index (χ3v) is 4.75. The van der Waals surface area contributed by atoms with Crippen molar-refractivity contribution in [2.45, 2.75) is 12.0 Å². The second-order valence-corrected chi connectivity index (χ2v) is 6.23. The van der Waals surface area contributed by atoms with E-state index in [-0.39, 0.29) is 12.0 Å². The Kier molecular flexibility index (Phi) is 4.00. The fourth-order valence-corrected chi connectivity index (χ4v) is 3.64. The van der Waals surface area contributed by atoms with Gasteiger partial charge < -0.3 is 19.1 Å². The summed E-state index contributed by atoms with van der Waals surface area (Å²) in [7, 11) is 2.05. The summed E-state index contributed by atoms with van der Waals surface area (Å²) < 4.78 is 13.8. The maximum absolute atomic E-state index is 10.4. The molecule has 1 aromatic heterocycles. The van der Waals surface area contributed by atoms with Crippen LogP contribution in [0, 0.1) is 0 Å². The van der Waals surface area contributed by atoms with E-state index in [1.807, 2.05) is 37.4 Å². The Labute approximate surface area is 141 Å². The number of phenolic OH excluding ortho intramolecular Hbond substituents is 1. The molecule has 1 aliphatic heterocycles. The van der Waals surface area contributed by atoms with Gasteiger partial charge in [-0.3, -0.25) is 0 Å². The zero-order chi connectivity index (χ0) is 16.5. The van der Waals surface area contributed by atoms with E-state index in [1.54, 1.807) is 6.07 Å². The second-order valence-electron chi connectivity index (χ2n) is 6.23. The largest absolute Gasteiger partial charge is 0.508 e. The van der Waals surface area contributed by atoms with Gasteiger partial charge in [-0.25, -0.2) is 0 Å². The topological polar surface area (TPSA) is 43.6 Å². The van der Waals surface area contributed by atoms with E-state index in [0.717, 1.165) is 11.1 Å². The lowest BCUT2D eigenvalue weighted by molar-refractivity contribution is -0.0937. The highest BCUT2D eigenvalue weighted by molar-refractivity contribution is 5.85. The maximum atomic E-state index is 10.4. The molecule has 4 nitrogen and oxygen atoms in total. The molecular weight excluding hydrogens is 302 g/mol. The van der Waals surface area contributed by atoms with Crippen molar-refractivity contribution in [3.8, 4) is 5.75 Å². The number of nitrogens with zero attached hydrogens (tertiary/aromatic N) is 1. The van der Waals surface area contributed by atoms with Crippen molar-refractivity contribution in [1.29, 1.82) is 0 Å². The molecular formula is C20H21NO3. The summed E-state index contributed by atoms with van der Waals surface area (Å²) in [6, 6.07) is 15.8. The molecule has 0 amide bonds. The van der Waals surface area contributed by atoms with Crippen LogP contribution in [0.1, 0.15) is 17.0 Å². The molecule has 0 bridgehead atoms. The number of aryl methyl sites for hydroxylation is 1. The normalized spacial score (nSPS) is 19.5. The molecule has 1 aliphatic rings. The van der Waals surface area contributed by atoms with Gasteiger partial charge in [0.1, 0.15) is 5.75 Å². The number of para-hydroxylation sites is 2. The molecule has 0 aliphatic carbocycles. The Morgan fingerprint density at radius 1 is 1.04 bits per heavy atom. The van der Waals surface area contributed by atoms with E-state index in [9.17, 15) is 5.11 Å². The summed E-state index contributed by atoms with van der Waals surface area (Å²) in [5.41, 5.74) is 3.21. The van der Waals surface area contributed by atoms with Crippen LogP contribution in [0.3, 0.4) is 0 Å². The van der Waals surface area contributed by atoms with Gasteiger partial charge in [0, 0.05) is 35.6 Å². The lowest BCUT2D eigenvalue weighted by atomic mass is 9.85. The number of rotatable bonds is 3. The highest BCUT2D eigenvalue weighted by Gasteiger charge is 2.32. The quantitative estimate of drug-likeness (QED) is 0.803. The molecule has 124 valence electrons. The molecule has 1 N–H and O–H groups in total. The Morgan fingerprint density at radius 3 is 2.62 bits per heavy atom. The van der Waals surface area contributed by atoms with Crippen LogP contribution in [-0.2, 0) is 16.5 Å². The fourth-order valence-electron chi connectivity index (χ4n) is 3.64. The number of benzene rings is 2. The van der Waals surface area contributed by atoms with Crippen LogP contribution in [0.5, 0.6) is 5.75 Å². The van der Waals surface area contributed by atoms with Gasteiger partial charge in [-0.15, -0.1) is 0 Å². The van der Waals surface area contributed by atoms with Crippen molar-refractivity contribution >= 4 is 10.9 Å². The van der Waals surface area contributed by atoms with Gasteiger partial charge in [0.2, 0.25) is 0 Å². The predicted octanol–water partition coefficient (Wildman–Crippen LogP) is 3.43. The van der Waals surface area contributed by atoms with Crippen molar-refractivity contribution in [1.82, 2.24) is 4.57 Å². The van der Waals surface area contributed by atoms with E-state index in [1.165, 1.54) is 10.9 Å². The zero-order valence-corrected chi connectivity index (χ0v) is 13.7. The number of aromatic nitrogens is 1. The van der Waals surface area contributed by atoms with E-state index < -0.39 is 0 Å². The number of hydrogen-bond donors (Lipinski definition) is 1. The first kappa shape index (κ1) is 15.2. The van der Waals surface area contributed by atoms with Gasteiger partial charge in [-0.1, -0.05) is 36.4 Å². The lowest BCUT2D eigenvalue weighted by Gasteiger charge is -2.31. The summed E-state index contributed by atoms with van der Waals surface area (Å²) in [5, 5.41) is 11.6. The molecule has 0 saturated carbocycles. The van der Waals surface area contributed by atoms with Crippen LogP contribution in [0.25, 0.3) is 10.9 Å². The number of aromatic hydroxyl groups is 1. The van der Waals surface area contributed by atoms with Crippen molar-refractivity contribution < 1.29 is 14.6 Å². The first-order valence-corrected chi connectivity index (χ1v) is 8.27. The van der Waals surface area contributed by atoms with Gasteiger partial charge in [0.15, 0.2) is 0 Å². The zero-order valence-electron chi connectivity index (χ0n) is 13.7. The Morgan fingerprint density at radius 2 is 1.83 bits per heavy atom. The Balaban J connectivity index is 1.90. The summed E-state index contributed by atoms with van der Waals surface area (Å²) >= 11 is 0. The van der Waals surface area contributed by atoms with Gasteiger partial charge >= 0.3 is 0 Å². The second kappa shape index (κ2) is 6.30. The summed E-state index contributed by atoms with van der Waals surface area (Å²) in [5.74, 6) is 0.224. The number of phenols is 1. The minimum Gasteiger partial charge on any atom is -0.508 e. The molecule has 2 heterocycles. The standard InChI is InChI=1S/C20H21NO3/c1-21-12-16(14-6-2-4-8-17(14)21)20(19-13-23-10-11-24-19)15-7-3-5-9-18(15)22/h2-9,12,19-20,22H,10-11,13H2,1H3/t19-,20+/m1/s1. The van der Waals surface area contributed by atoms with Crippen LogP contribution in [0.4, 0.5) is 0 Å². The van der Waals surface area contributed by atoms with Crippen molar-refractivity contribution in [2.75, 3.05) is 19.8 Å². The molecule has 1 saturated heterocycles. The first-order chi connectivity index (χ1) is 11.8. The van der Waals surface area contributed by atoms with Crippen molar-refractivity contribution in [3.63, 3.8) is 0 Å². The Bertz CT molecular complexity index is 849. The average molecular weight is 323 g/mol. The fraction of sp³-hybridized carbons (Fsp3) is 0.300. The summed E-state index contributed by atoms with van der Waals surface area (Å²) in [4.78, 5) is 0. The molecule has 0 spiro atoms. The van der Waals surface area contributed by atoms with Gasteiger partial charge in [0.25, 0.3) is 0 Å². The molecule has 24 heavy (non-hydrogen) atoms. The minimum absolute atomic E-state index is 0.0717. The maximum Gasteiger partial charge on any atom is 0.119 e. The van der Waals surface area contributed by atoms with E-state index in [0.29, 0.717) is 25.6 Å². The van der Waals surface area contributed by atoms with E-state index in [2.05, 4.69) is 22.9 Å². The SMILES string of the molecule is Cn1cc([C@H](c2ccccc2O)[C@H]2COCCO2)c2ccccc21. The van der Waals surface area contributed by atoms with Crippen LogP contribution in [0.2, 0.25) is 0 Å². The monoisotopic (exact) mass is 323 g/mol. The lowest BCUT2D eigenvalue weighted by Crippen LogP contribution is -2.34. The van der Waals surface area contributed by atoms with Crippen LogP contribution in [0.15, 0.2) is 54.7 Å². The molecule has 2 atom stereocenters. The van der Waals surface area contributed by atoms with Gasteiger partial charge in [0.05, 0.1) is 25.9 Å². The molecule has 1 fully saturated rings. The third-order valence-electron chi connectivity index (χ3n) is 4.75. The molecule has 2 aromatic carbocycles. The Hall–Kier alpha value is -2.30. The predicted molar refractivity (Wildman–Crippen MR) is 93.4 cm³/mol. The average Bonchev–Trinajstić information content (AvgIpc) is 2.95. The van der Waals surface area contributed by atoms with Gasteiger partial charge in [-0.05, 0) is 17.7 Å². The first-order valence-electron chi connectivity index (χ1n) is 8.27. The number of ether oxygens (including phenoxy) is 2. The molecule has 3 aromatic rings. The van der Waals surface area contributed by atoms with Gasteiger partial charge in [-0.2, -0.15) is 0 Å². The van der Waals surface area contributed by atoms with Crippen LogP contribution >= 0.6 is 0 Å². The van der Waals surface area contributed by atoms with E-state index in [4.69, 9.17) is 9.47 Å². The highest BCUT2D eigenvalue weighted by Crippen LogP contribution is 2.39. The molecule has 0 radical (unpaired) electrons. The summed E-state index contributed by atoms with van der Waals surface area (Å²) in [6.45, 7) is 1.74.